The van der Waals surface area contributed by atoms with E-state index >= 15 is 0 Å². The highest BCUT2D eigenvalue weighted by molar-refractivity contribution is 6.03. The molecule has 1 aromatic carbocycles. The smallest absolute Gasteiger partial charge is 0.194 e. The average molecular weight is 232 g/mol. The Balaban J connectivity index is 2.32. The van der Waals surface area contributed by atoms with E-state index in [-0.39, 0.29) is 5.78 Å². The predicted octanol–water partition coefficient (Wildman–Crippen LogP) is 3.53. The van der Waals surface area contributed by atoms with E-state index in [0.717, 1.165) is 36.8 Å². The van der Waals surface area contributed by atoms with Crippen LogP contribution in [-0.4, -0.2) is 18.5 Å². The number of carbonyl (C=O) groups excluding carboxylic acids is 1. The Kier molecular flexibility index (Phi) is 3.63. The summed E-state index contributed by atoms with van der Waals surface area (Å²) in [6.45, 7) is 1.99. The lowest BCUT2D eigenvalue weighted by Crippen LogP contribution is -2.42. The highest BCUT2D eigenvalue weighted by Crippen LogP contribution is 2.34. The average Bonchev–Trinajstić information content (AvgIpc) is 2.39. The first-order valence-electron chi connectivity index (χ1n) is 6.35. The minimum atomic E-state index is -0.565. The molecule has 0 spiro atoms. The number of benzene rings is 1. The number of rotatable bonds is 3. The van der Waals surface area contributed by atoms with Gasteiger partial charge in [0.1, 0.15) is 5.60 Å². The van der Waals surface area contributed by atoms with Crippen LogP contribution in [0, 0.1) is 6.92 Å². The molecule has 0 unspecified atom stereocenters. The molecule has 1 aliphatic carbocycles. The topological polar surface area (TPSA) is 26.3 Å². The summed E-state index contributed by atoms with van der Waals surface area (Å²) in [6, 6.07) is 7.78. The van der Waals surface area contributed by atoms with E-state index < -0.39 is 5.60 Å². The highest BCUT2D eigenvalue weighted by atomic mass is 16.5. The standard InChI is InChI=1S/C15H20O2/c1-12-8-4-5-9-13(12)14(16)15(17-2)10-6-3-7-11-15/h4-5,8-9H,3,6-7,10-11H2,1-2H3. The Morgan fingerprint density at radius 2 is 1.82 bits per heavy atom. The van der Waals surface area contributed by atoms with Gasteiger partial charge in [-0.2, -0.15) is 0 Å². The zero-order valence-electron chi connectivity index (χ0n) is 10.7. The summed E-state index contributed by atoms with van der Waals surface area (Å²) in [5, 5.41) is 0. The first kappa shape index (κ1) is 12.3. The van der Waals surface area contributed by atoms with E-state index in [1.807, 2.05) is 31.2 Å². The van der Waals surface area contributed by atoms with Crippen molar-refractivity contribution < 1.29 is 9.53 Å². The SMILES string of the molecule is COC1(C(=O)c2ccccc2C)CCCCC1. The van der Waals surface area contributed by atoms with Crippen LogP contribution < -0.4 is 0 Å². The van der Waals surface area contributed by atoms with Gasteiger partial charge in [-0.05, 0) is 25.3 Å². The van der Waals surface area contributed by atoms with Crippen LogP contribution in [0.1, 0.15) is 48.0 Å². The highest BCUT2D eigenvalue weighted by Gasteiger charge is 2.40. The Morgan fingerprint density at radius 3 is 2.41 bits per heavy atom. The minimum Gasteiger partial charge on any atom is -0.370 e. The third-order valence-electron chi connectivity index (χ3n) is 3.86. The number of ether oxygens (including phenoxy) is 1. The minimum absolute atomic E-state index is 0.165. The Bertz CT molecular complexity index is 403. The fourth-order valence-corrected chi connectivity index (χ4v) is 2.72. The van der Waals surface area contributed by atoms with Crippen molar-refractivity contribution in [3.8, 4) is 0 Å². The fourth-order valence-electron chi connectivity index (χ4n) is 2.72. The van der Waals surface area contributed by atoms with E-state index in [2.05, 4.69) is 0 Å². The van der Waals surface area contributed by atoms with Crippen molar-refractivity contribution in [2.24, 2.45) is 0 Å². The normalized spacial score (nSPS) is 18.9. The zero-order chi connectivity index (χ0) is 12.3. The summed E-state index contributed by atoms with van der Waals surface area (Å²) >= 11 is 0. The van der Waals surface area contributed by atoms with Gasteiger partial charge in [0.2, 0.25) is 0 Å². The molecule has 92 valence electrons. The van der Waals surface area contributed by atoms with Crippen LogP contribution in [0.2, 0.25) is 0 Å². The second-order valence-corrected chi connectivity index (χ2v) is 4.90. The second-order valence-electron chi connectivity index (χ2n) is 4.90. The molecule has 0 heterocycles. The largest absolute Gasteiger partial charge is 0.370 e. The van der Waals surface area contributed by atoms with E-state index in [1.165, 1.54) is 6.42 Å². The van der Waals surface area contributed by atoms with E-state index in [1.54, 1.807) is 7.11 Å². The molecule has 2 rings (SSSR count). The van der Waals surface area contributed by atoms with Crippen molar-refractivity contribution in [3.63, 3.8) is 0 Å². The van der Waals surface area contributed by atoms with Crippen molar-refractivity contribution in [1.82, 2.24) is 0 Å². The maximum Gasteiger partial charge on any atom is 0.194 e. The van der Waals surface area contributed by atoms with Crippen LogP contribution in [0.3, 0.4) is 0 Å². The maximum absolute atomic E-state index is 12.6. The van der Waals surface area contributed by atoms with Crippen molar-refractivity contribution in [2.75, 3.05) is 7.11 Å². The number of hydrogen-bond donors (Lipinski definition) is 0. The van der Waals surface area contributed by atoms with Crippen molar-refractivity contribution in [2.45, 2.75) is 44.6 Å². The quantitative estimate of drug-likeness (QED) is 0.745. The van der Waals surface area contributed by atoms with Crippen LogP contribution >= 0.6 is 0 Å². The molecule has 1 aliphatic rings. The molecule has 1 fully saturated rings. The number of hydrogen-bond acceptors (Lipinski definition) is 2. The van der Waals surface area contributed by atoms with Crippen LogP contribution in [0.25, 0.3) is 0 Å². The lowest BCUT2D eigenvalue weighted by atomic mass is 9.78. The van der Waals surface area contributed by atoms with Gasteiger partial charge in [-0.3, -0.25) is 4.79 Å². The molecule has 0 bridgehead atoms. The van der Waals surface area contributed by atoms with Gasteiger partial charge in [0.05, 0.1) is 0 Å². The van der Waals surface area contributed by atoms with Gasteiger partial charge in [-0.15, -0.1) is 0 Å². The van der Waals surface area contributed by atoms with Crippen molar-refractivity contribution >= 4 is 5.78 Å². The summed E-state index contributed by atoms with van der Waals surface area (Å²) in [4.78, 5) is 12.6. The van der Waals surface area contributed by atoms with Crippen LogP contribution in [0.15, 0.2) is 24.3 Å². The summed E-state index contributed by atoms with van der Waals surface area (Å²) in [7, 11) is 1.67. The number of Topliss-reactive ketones (excluding diaryl/α,β-unsaturated/α-hetero) is 1. The first-order valence-corrected chi connectivity index (χ1v) is 6.35. The van der Waals surface area contributed by atoms with Gasteiger partial charge in [-0.25, -0.2) is 0 Å². The monoisotopic (exact) mass is 232 g/mol. The van der Waals surface area contributed by atoms with Gasteiger partial charge in [-0.1, -0.05) is 43.5 Å². The number of aryl methyl sites for hydroxylation is 1. The molecule has 0 N–H and O–H groups in total. The molecule has 1 saturated carbocycles. The van der Waals surface area contributed by atoms with E-state index in [4.69, 9.17) is 4.74 Å². The lowest BCUT2D eigenvalue weighted by molar-refractivity contribution is -0.0194. The molecule has 0 aromatic heterocycles. The molecule has 2 heteroatoms. The van der Waals surface area contributed by atoms with Gasteiger partial charge in [0.15, 0.2) is 5.78 Å². The van der Waals surface area contributed by atoms with Gasteiger partial charge in [0, 0.05) is 12.7 Å². The molecule has 0 radical (unpaired) electrons. The first-order chi connectivity index (χ1) is 8.19. The van der Waals surface area contributed by atoms with E-state index in [0.29, 0.717) is 0 Å². The summed E-state index contributed by atoms with van der Waals surface area (Å²) < 4.78 is 5.60. The molecular formula is C15H20O2. The van der Waals surface area contributed by atoms with Crippen LogP contribution in [-0.2, 0) is 4.74 Å². The maximum atomic E-state index is 12.6. The van der Waals surface area contributed by atoms with Crippen LogP contribution in [0.5, 0.6) is 0 Å². The van der Waals surface area contributed by atoms with E-state index in [9.17, 15) is 4.79 Å². The summed E-state index contributed by atoms with van der Waals surface area (Å²) in [6.07, 6.45) is 5.11. The third-order valence-corrected chi connectivity index (χ3v) is 3.86. The number of ketones is 1. The molecule has 2 nitrogen and oxygen atoms in total. The van der Waals surface area contributed by atoms with Crippen molar-refractivity contribution in [3.05, 3.63) is 35.4 Å². The van der Waals surface area contributed by atoms with Crippen molar-refractivity contribution in [1.29, 1.82) is 0 Å². The molecular weight excluding hydrogens is 212 g/mol. The molecule has 0 aliphatic heterocycles. The Morgan fingerprint density at radius 1 is 1.18 bits per heavy atom. The lowest BCUT2D eigenvalue weighted by Gasteiger charge is -2.34. The second kappa shape index (κ2) is 5.01. The molecule has 0 atom stereocenters. The number of carbonyl (C=O) groups is 1. The Labute approximate surface area is 103 Å². The predicted molar refractivity (Wildman–Crippen MR) is 68.3 cm³/mol. The molecule has 17 heavy (non-hydrogen) atoms. The van der Waals surface area contributed by atoms with Gasteiger partial charge < -0.3 is 4.74 Å². The molecule has 0 saturated heterocycles. The van der Waals surface area contributed by atoms with Gasteiger partial charge in [0.25, 0.3) is 0 Å². The number of methoxy groups -OCH3 is 1. The third kappa shape index (κ3) is 2.27. The molecule has 0 amide bonds. The molecule has 1 aromatic rings. The fraction of sp³-hybridized carbons (Fsp3) is 0.533. The summed E-state index contributed by atoms with van der Waals surface area (Å²) in [5.74, 6) is 0.165. The zero-order valence-corrected chi connectivity index (χ0v) is 10.7. The summed E-state index contributed by atoms with van der Waals surface area (Å²) in [5.41, 5.74) is 1.29. The Hall–Kier alpha value is -1.15. The van der Waals surface area contributed by atoms with Gasteiger partial charge >= 0.3 is 0 Å². The van der Waals surface area contributed by atoms with Crippen LogP contribution in [0.4, 0.5) is 0 Å².